The van der Waals surface area contributed by atoms with Crippen molar-refractivity contribution in [2.45, 2.75) is 37.6 Å². The molecule has 1 heterocycles. The molecule has 1 aromatic carbocycles. The molecule has 27 heavy (non-hydrogen) atoms. The maximum atomic E-state index is 14.4. The Kier molecular flexibility index (Phi) is 7.94. The van der Waals surface area contributed by atoms with E-state index in [0.717, 1.165) is 31.4 Å². The molecule has 4 nitrogen and oxygen atoms in total. The Hall–Kier alpha value is -1.77. The smallest absolute Gasteiger partial charge is 0.191 e. The molecule has 0 aliphatic heterocycles. The van der Waals surface area contributed by atoms with Gasteiger partial charge in [0.05, 0.1) is 12.2 Å². The van der Waals surface area contributed by atoms with E-state index in [1.165, 1.54) is 18.2 Å². The zero-order valence-electron chi connectivity index (χ0n) is 15.3. The summed E-state index contributed by atoms with van der Waals surface area (Å²) in [5.74, 6) is -0.339. The molecule has 0 spiro atoms. The number of nitrogens with one attached hydrogen (secondary N) is 2. The number of rotatable bonds is 5. The van der Waals surface area contributed by atoms with Crippen LogP contribution in [0.15, 0.2) is 47.6 Å². The monoisotopic (exact) mass is 486 g/mol. The number of hydrogen-bond donors (Lipinski definition) is 2. The molecule has 3 rings (SSSR count). The number of hydrogen-bond acceptors (Lipinski definition) is 2. The summed E-state index contributed by atoms with van der Waals surface area (Å²) in [6.45, 7) is 0.967. The summed E-state index contributed by atoms with van der Waals surface area (Å²) in [5, 5.41) is 6.45. The molecule has 0 atom stereocenters. The molecule has 1 aromatic heterocycles. The topological polar surface area (TPSA) is 49.3 Å². The van der Waals surface area contributed by atoms with Crippen molar-refractivity contribution >= 4 is 29.9 Å². The van der Waals surface area contributed by atoms with Crippen LogP contribution < -0.4 is 10.6 Å². The molecule has 0 amide bonds. The maximum Gasteiger partial charge on any atom is 0.191 e. The molecule has 146 valence electrons. The van der Waals surface area contributed by atoms with Gasteiger partial charge in [-0.3, -0.25) is 9.98 Å². The second-order valence-corrected chi connectivity index (χ2v) is 6.68. The molecule has 0 saturated heterocycles. The van der Waals surface area contributed by atoms with Gasteiger partial charge in [-0.25, -0.2) is 8.78 Å². The van der Waals surface area contributed by atoms with Gasteiger partial charge in [-0.2, -0.15) is 0 Å². The minimum Gasteiger partial charge on any atom is -0.356 e. The zero-order chi connectivity index (χ0) is 18.4. The molecule has 0 radical (unpaired) electrons. The first-order valence-corrected chi connectivity index (χ1v) is 8.93. The van der Waals surface area contributed by atoms with Crippen LogP contribution >= 0.6 is 24.0 Å². The number of aromatic nitrogens is 1. The van der Waals surface area contributed by atoms with Gasteiger partial charge in [0.1, 0.15) is 11.6 Å². The minimum absolute atomic E-state index is 0. The molecule has 7 heteroatoms. The van der Waals surface area contributed by atoms with E-state index in [1.807, 2.05) is 18.2 Å². The Labute approximate surface area is 175 Å². The summed E-state index contributed by atoms with van der Waals surface area (Å²) in [6.07, 6.45) is 5.19. The number of nitrogens with zero attached hydrogens (tertiary/aromatic N) is 2. The molecule has 1 aliphatic carbocycles. The van der Waals surface area contributed by atoms with E-state index in [1.54, 1.807) is 13.2 Å². The van der Waals surface area contributed by atoms with Gasteiger partial charge in [-0.15, -0.1) is 24.0 Å². The lowest BCUT2D eigenvalue weighted by Crippen LogP contribution is -2.45. The van der Waals surface area contributed by atoms with Gasteiger partial charge in [-0.1, -0.05) is 25.0 Å². The molecule has 1 aliphatic rings. The average molecular weight is 486 g/mol. The minimum atomic E-state index is -0.544. The third-order valence-corrected chi connectivity index (χ3v) is 5.03. The Morgan fingerprint density at radius 1 is 1.07 bits per heavy atom. The molecule has 2 aromatic rings. The summed E-state index contributed by atoms with van der Waals surface area (Å²) in [7, 11) is 1.68. The highest BCUT2D eigenvalue weighted by atomic mass is 127. The number of halogens is 3. The van der Waals surface area contributed by atoms with Gasteiger partial charge >= 0.3 is 0 Å². The van der Waals surface area contributed by atoms with Crippen LogP contribution in [0.3, 0.4) is 0 Å². The van der Waals surface area contributed by atoms with Gasteiger partial charge in [0, 0.05) is 30.8 Å². The lowest BCUT2D eigenvalue weighted by atomic mass is 9.78. The Balaban J connectivity index is 0.00000261. The van der Waals surface area contributed by atoms with Crippen molar-refractivity contribution in [3.05, 3.63) is 65.5 Å². The van der Waals surface area contributed by atoms with E-state index >= 15 is 0 Å². The molecular weight excluding hydrogens is 461 g/mol. The predicted octanol–water partition coefficient (Wildman–Crippen LogP) is 4.15. The lowest BCUT2D eigenvalue weighted by Gasteiger charge is -2.31. The van der Waals surface area contributed by atoms with Crippen molar-refractivity contribution < 1.29 is 8.78 Å². The molecular formula is C20H25F2IN4. The summed E-state index contributed by atoms with van der Waals surface area (Å²) in [5.41, 5.74) is 0.550. The van der Waals surface area contributed by atoms with E-state index in [2.05, 4.69) is 20.6 Å². The second kappa shape index (κ2) is 9.96. The van der Waals surface area contributed by atoms with Crippen molar-refractivity contribution in [2.24, 2.45) is 4.99 Å². The van der Waals surface area contributed by atoms with Crippen LogP contribution in [0.25, 0.3) is 0 Å². The quantitative estimate of drug-likeness (QED) is 0.379. The first-order chi connectivity index (χ1) is 12.6. The number of aliphatic imine (C=N–C) groups is 1. The zero-order valence-corrected chi connectivity index (χ0v) is 17.7. The highest BCUT2D eigenvalue weighted by molar-refractivity contribution is 14.0. The van der Waals surface area contributed by atoms with E-state index in [-0.39, 0.29) is 29.5 Å². The summed E-state index contributed by atoms with van der Waals surface area (Å²) < 4.78 is 28.8. The van der Waals surface area contributed by atoms with Crippen LogP contribution in [-0.4, -0.2) is 24.5 Å². The fourth-order valence-electron chi connectivity index (χ4n) is 3.72. The fourth-order valence-corrected chi connectivity index (χ4v) is 3.72. The molecule has 0 unspecified atom stereocenters. The van der Waals surface area contributed by atoms with Crippen molar-refractivity contribution in [1.29, 1.82) is 0 Å². The van der Waals surface area contributed by atoms with E-state index in [0.29, 0.717) is 19.0 Å². The average Bonchev–Trinajstić information content (AvgIpc) is 3.12. The van der Waals surface area contributed by atoms with Crippen LogP contribution in [0, 0.1) is 11.6 Å². The van der Waals surface area contributed by atoms with Crippen LogP contribution in [0.1, 0.15) is 36.9 Å². The summed E-state index contributed by atoms with van der Waals surface area (Å²) in [6, 6.07) is 9.81. The fraction of sp³-hybridized carbons (Fsp3) is 0.400. The van der Waals surface area contributed by atoms with Crippen LogP contribution in [0.5, 0.6) is 0 Å². The normalized spacial score (nSPS) is 15.9. The van der Waals surface area contributed by atoms with E-state index in [4.69, 9.17) is 0 Å². The van der Waals surface area contributed by atoms with Crippen LogP contribution in [0.2, 0.25) is 0 Å². The van der Waals surface area contributed by atoms with Crippen molar-refractivity contribution in [3.8, 4) is 0 Å². The standard InChI is InChI=1S/C20H24F2N4.HI/c1-23-19(25-13-15-7-2-5-12-24-15)26-14-20(10-3-4-11-20)18-16(21)8-6-9-17(18)22;/h2,5-9,12H,3-4,10-11,13-14H2,1H3,(H2,23,25,26);1H. The largest absolute Gasteiger partial charge is 0.356 e. The Morgan fingerprint density at radius 2 is 1.78 bits per heavy atom. The first kappa shape index (κ1) is 21.5. The van der Waals surface area contributed by atoms with Gasteiger partial charge in [0.25, 0.3) is 0 Å². The van der Waals surface area contributed by atoms with Gasteiger partial charge in [0.15, 0.2) is 5.96 Å². The van der Waals surface area contributed by atoms with Gasteiger partial charge < -0.3 is 10.6 Å². The Morgan fingerprint density at radius 3 is 2.37 bits per heavy atom. The predicted molar refractivity (Wildman–Crippen MR) is 114 cm³/mol. The molecule has 0 bridgehead atoms. The van der Waals surface area contributed by atoms with Crippen molar-refractivity contribution in [2.75, 3.05) is 13.6 Å². The maximum absolute atomic E-state index is 14.4. The van der Waals surface area contributed by atoms with Gasteiger partial charge in [-0.05, 0) is 37.1 Å². The lowest BCUT2D eigenvalue weighted by molar-refractivity contribution is 0.386. The summed E-state index contributed by atoms with van der Waals surface area (Å²) >= 11 is 0. The number of benzene rings is 1. The first-order valence-electron chi connectivity index (χ1n) is 8.93. The van der Waals surface area contributed by atoms with Crippen molar-refractivity contribution in [3.63, 3.8) is 0 Å². The number of guanidine groups is 1. The second-order valence-electron chi connectivity index (χ2n) is 6.68. The van der Waals surface area contributed by atoms with Crippen LogP contribution in [0.4, 0.5) is 8.78 Å². The summed E-state index contributed by atoms with van der Waals surface area (Å²) in [4.78, 5) is 8.48. The number of pyridine rings is 1. The highest BCUT2D eigenvalue weighted by Crippen LogP contribution is 2.42. The third kappa shape index (κ3) is 5.15. The van der Waals surface area contributed by atoms with E-state index < -0.39 is 17.0 Å². The molecule has 1 fully saturated rings. The van der Waals surface area contributed by atoms with Crippen molar-refractivity contribution in [1.82, 2.24) is 15.6 Å². The third-order valence-electron chi connectivity index (χ3n) is 5.03. The Bertz CT molecular complexity index is 742. The molecule has 1 saturated carbocycles. The highest BCUT2D eigenvalue weighted by Gasteiger charge is 2.39. The van der Waals surface area contributed by atoms with Crippen LogP contribution in [-0.2, 0) is 12.0 Å². The van der Waals surface area contributed by atoms with E-state index in [9.17, 15) is 8.78 Å². The molecule has 2 N–H and O–H groups in total. The SMILES string of the molecule is CN=C(NCc1ccccn1)NCC1(c2c(F)cccc2F)CCCC1.I. The van der Waals surface area contributed by atoms with Gasteiger partial charge in [0.2, 0.25) is 0 Å².